The van der Waals surface area contributed by atoms with Crippen molar-refractivity contribution < 1.29 is 19.0 Å². The van der Waals surface area contributed by atoms with Gasteiger partial charge in [-0.3, -0.25) is 0 Å². The fourth-order valence-electron chi connectivity index (χ4n) is 3.27. The van der Waals surface area contributed by atoms with Gasteiger partial charge in [-0.2, -0.15) is 0 Å². The number of benzene rings is 3. The lowest BCUT2D eigenvalue weighted by atomic mass is 10.0. The lowest BCUT2D eigenvalue weighted by molar-refractivity contribution is -0.128. The van der Waals surface area contributed by atoms with Gasteiger partial charge in [-0.25, -0.2) is 4.79 Å². The van der Waals surface area contributed by atoms with Gasteiger partial charge in [-0.1, -0.05) is 48.6 Å². The molecule has 3 rings (SSSR count). The fourth-order valence-corrected chi connectivity index (χ4v) is 3.27. The number of rotatable bonds is 7. The van der Waals surface area contributed by atoms with Crippen LogP contribution in [-0.2, 0) is 4.79 Å². The molecule has 0 N–H and O–H groups in total. The van der Waals surface area contributed by atoms with Gasteiger partial charge in [0.05, 0.1) is 14.2 Å². The molecule has 0 aromatic heterocycles. The van der Waals surface area contributed by atoms with Crippen molar-refractivity contribution in [1.82, 2.24) is 0 Å². The van der Waals surface area contributed by atoms with Gasteiger partial charge in [0.25, 0.3) is 0 Å². The highest BCUT2D eigenvalue weighted by molar-refractivity contribution is 5.91. The number of aryl methyl sites for hydroxylation is 2. The Bertz CT molecular complexity index is 1090. The zero-order valence-electron chi connectivity index (χ0n) is 18.2. The summed E-state index contributed by atoms with van der Waals surface area (Å²) in [6.45, 7) is 3.93. The van der Waals surface area contributed by atoms with E-state index in [1.54, 1.807) is 26.4 Å². The van der Waals surface area contributed by atoms with Gasteiger partial charge in [0.15, 0.2) is 0 Å². The van der Waals surface area contributed by atoms with E-state index in [2.05, 4.69) is 0 Å². The van der Waals surface area contributed by atoms with Crippen molar-refractivity contribution in [2.75, 3.05) is 14.2 Å². The van der Waals surface area contributed by atoms with Crippen LogP contribution in [0.3, 0.4) is 0 Å². The first-order valence-electron chi connectivity index (χ1n) is 9.96. The second-order valence-corrected chi connectivity index (χ2v) is 7.15. The molecule has 4 heteroatoms. The molecule has 0 aliphatic carbocycles. The van der Waals surface area contributed by atoms with Crippen LogP contribution in [0.1, 0.15) is 27.8 Å². The van der Waals surface area contributed by atoms with E-state index in [1.807, 2.05) is 80.6 Å². The third kappa shape index (κ3) is 6.09. The van der Waals surface area contributed by atoms with Gasteiger partial charge >= 0.3 is 5.97 Å². The Morgan fingerprint density at radius 2 is 1.48 bits per heavy atom. The van der Waals surface area contributed by atoms with Crippen molar-refractivity contribution in [3.05, 3.63) is 94.6 Å². The molecular weight excluding hydrogens is 388 g/mol. The molecule has 0 unspecified atom stereocenters. The van der Waals surface area contributed by atoms with E-state index in [4.69, 9.17) is 14.2 Å². The summed E-state index contributed by atoms with van der Waals surface area (Å²) in [5, 5.41) is 0. The highest BCUT2D eigenvalue weighted by Gasteiger charge is 2.10. The number of carbonyl (C=O) groups is 1. The van der Waals surface area contributed by atoms with Gasteiger partial charge in [0.2, 0.25) is 0 Å². The first kappa shape index (κ1) is 21.9. The van der Waals surface area contributed by atoms with Crippen molar-refractivity contribution in [2.24, 2.45) is 0 Å². The molecule has 158 valence electrons. The van der Waals surface area contributed by atoms with Crippen molar-refractivity contribution in [3.63, 3.8) is 0 Å². The molecule has 0 atom stereocenters. The van der Waals surface area contributed by atoms with Gasteiger partial charge in [0.1, 0.15) is 17.2 Å². The molecule has 0 radical (unpaired) electrons. The van der Waals surface area contributed by atoms with Crippen LogP contribution in [-0.4, -0.2) is 20.2 Å². The van der Waals surface area contributed by atoms with Gasteiger partial charge in [0, 0.05) is 17.7 Å². The summed E-state index contributed by atoms with van der Waals surface area (Å²) < 4.78 is 16.4. The first-order valence-corrected chi connectivity index (χ1v) is 9.96. The van der Waals surface area contributed by atoms with Crippen LogP contribution in [0.2, 0.25) is 0 Å². The van der Waals surface area contributed by atoms with E-state index in [1.165, 1.54) is 6.08 Å². The van der Waals surface area contributed by atoms with Crippen molar-refractivity contribution >= 4 is 24.2 Å². The lowest BCUT2D eigenvalue weighted by Crippen LogP contribution is -2.04. The summed E-state index contributed by atoms with van der Waals surface area (Å²) in [6.07, 6.45) is 7.07. The Morgan fingerprint density at radius 3 is 2.13 bits per heavy atom. The molecule has 3 aromatic rings. The normalized spacial score (nSPS) is 11.1. The minimum absolute atomic E-state index is 0.458. The standard InChI is InChI=1S/C27H26O4/c1-19-14-20(2)16-24(15-19)31-27(28)13-12-25-22(11-10-21-8-6-5-7-9-21)17-23(29-3)18-26(25)30-4/h5-18H,1-4H3/b11-10+,13-12+. The summed E-state index contributed by atoms with van der Waals surface area (Å²) in [7, 11) is 3.20. The predicted octanol–water partition coefficient (Wildman–Crippen LogP) is 6.11. The Morgan fingerprint density at radius 1 is 0.774 bits per heavy atom. The fraction of sp³-hybridized carbons (Fsp3) is 0.148. The van der Waals surface area contributed by atoms with Crippen LogP contribution in [0.25, 0.3) is 18.2 Å². The summed E-state index contributed by atoms with van der Waals surface area (Å²) in [4.78, 5) is 12.4. The maximum atomic E-state index is 12.4. The van der Waals surface area contributed by atoms with Crippen LogP contribution in [0.15, 0.2) is 66.7 Å². The number of carbonyl (C=O) groups excluding carboxylic acids is 1. The quantitative estimate of drug-likeness (QED) is 0.202. The molecule has 31 heavy (non-hydrogen) atoms. The Labute approximate surface area is 183 Å². The van der Waals surface area contributed by atoms with Crippen molar-refractivity contribution in [3.8, 4) is 17.2 Å². The van der Waals surface area contributed by atoms with E-state index in [0.29, 0.717) is 17.2 Å². The van der Waals surface area contributed by atoms with Gasteiger partial charge in [-0.15, -0.1) is 0 Å². The summed E-state index contributed by atoms with van der Waals surface area (Å²) >= 11 is 0. The Hall–Kier alpha value is -3.79. The third-order valence-electron chi connectivity index (χ3n) is 4.66. The van der Waals surface area contributed by atoms with Crippen LogP contribution in [0.5, 0.6) is 17.2 Å². The molecule has 0 saturated heterocycles. The number of methoxy groups -OCH3 is 2. The maximum absolute atomic E-state index is 12.4. The molecule has 0 heterocycles. The second kappa shape index (κ2) is 10.3. The number of hydrogen-bond acceptors (Lipinski definition) is 4. The summed E-state index contributed by atoms with van der Waals surface area (Å²) in [5.74, 6) is 1.33. The summed E-state index contributed by atoms with van der Waals surface area (Å²) in [5.41, 5.74) is 4.76. The summed E-state index contributed by atoms with van der Waals surface area (Å²) in [6, 6.07) is 19.4. The molecule has 0 spiro atoms. The smallest absolute Gasteiger partial charge is 0.336 e. The topological polar surface area (TPSA) is 44.8 Å². The predicted molar refractivity (Wildman–Crippen MR) is 126 cm³/mol. The minimum Gasteiger partial charge on any atom is -0.497 e. The van der Waals surface area contributed by atoms with E-state index >= 15 is 0 Å². The SMILES string of the molecule is COc1cc(/C=C/c2ccccc2)c(/C=C/C(=O)Oc2cc(C)cc(C)c2)c(OC)c1. The van der Waals surface area contributed by atoms with Crippen LogP contribution < -0.4 is 14.2 Å². The van der Waals surface area contributed by atoms with E-state index in [9.17, 15) is 4.79 Å². The number of ether oxygens (including phenoxy) is 3. The molecule has 0 saturated carbocycles. The average Bonchev–Trinajstić information content (AvgIpc) is 2.76. The third-order valence-corrected chi connectivity index (χ3v) is 4.66. The Kier molecular flexibility index (Phi) is 7.28. The first-order chi connectivity index (χ1) is 15.0. The molecule has 0 bridgehead atoms. The largest absolute Gasteiger partial charge is 0.497 e. The lowest BCUT2D eigenvalue weighted by Gasteiger charge is -2.11. The monoisotopic (exact) mass is 414 g/mol. The van der Waals surface area contributed by atoms with E-state index in [0.717, 1.165) is 27.8 Å². The molecule has 0 fully saturated rings. The molecular formula is C27H26O4. The zero-order valence-corrected chi connectivity index (χ0v) is 18.2. The van der Waals surface area contributed by atoms with Crippen molar-refractivity contribution in [2.45, 2.75) is 13.8 Å². The van der Waals surface area contributed by atoms with Crippen LogP contribution in [0, 0.1) is 13.8 Å². The number of hydrogen-bond donors (Lipinski definition) is 0. The van der Waals surface area contributed by atoms with Crippen LogP contribution in [0.4, 0.5) is 0 Å². The van der Waals surface area contributed by atoms with E-state index in [-0.39, 0.29) is 0 Å². The average molecular weight is 415 g/mol. The number of esters is 1. The molecule has 0 amide bonds. The maximum Gasteiger partial charge on any atom is 0.336 e. The molecule has 0 aliphatic heterocycles. The molecule has 4 nitrogen and oxygen atoms in total. The highest BCUT2D eigenvalue weighted by Crippen LogP contribution is 2.31. The van der Waals surface area contributed by atoms with Crippen LogP contribution >= 0.6 is 0 Å². The van der Waals surface area contributed by atoms with Gasteiger partial charge < -0.3 is 14.2 Å². The van der Waals surface area contributed by atoms with Crippen molar-refractivity contribution in [1.29, 1.82) is 0 Å². The second-order valence-electron chi connectivity index (χ2n) is 7.15. The highest BCUT2D eigenvalue weighted by atomic mass is 16.5. The molecule has 3 aromatic carbocycles. The zero-order chi connectivity index (χ0) is 22.2. The Balaban J connectivity index is 1.90. The van der Waals surface area contributed by atoms with Gasteiger partial charge in [-0.05, 0) is 60.4 Å². The van der Waals surface area contributed by atoms with E-state index < -0.39 is 5.97 Å². The minimum atomic E-state index is -0.458. The molecule has 0 aliphatic rings.